The van der Waals surface area contributed by atoms with E-state index in [9.17, 15) is 0 Å². The lowest BCUT2D eigenvalue weighted by Crippen LogP contribution is -2.45. The van der Waals surface area contributed by atoms with Gasteiger partial charge in [0.25, 0.3) is 0 Å². The molecule has 1 unspecified atom stereocenters. The fourth-order valence-electron chi connectivity index (χ4n) is 2.72. The maximum atomic E-state index is 5.95. The normalized spacial score (nSPS) is 16.1. The maximum absolute atomic E-state index is 5.95. The van der Waals surface area contributed by atoms with Crippen LogP contribution in [-0.4, -0.2) is 38.9 Å². The van der Waals surface area contributed by atoms with E-state index in [0.29, 0.717) is 32.3 Å². The third-order valence-corrected chi connectivity index (χ3v) is 4.01. The van der Waals surface area contributed by atoms with Crippen LogP contribution in [0.5, 0.6) is 17.2 Å². The minimum Gasteiger partial charge on any atom is -0.494 e. The van der Waals surface area contributed by atoms with Crippen LogP contribution >= 0.6 is 0 Å². The first-order chi connectivity index (χ1) is 12.8. The Bertz CT molecular complexity index is 749. The largest absolute Gasteiger partial charge is 0.494 e. The van der Waals surface area contributed by atoms with Gasteiger partial charge in [-0.3, -0.25) is 4.99 Å². The van der Waals surface area contributed by atoms with Crippen LogP contribution in [0.4, 0.5) is 0 Å². The van der Waals surface area contributed by atoms with Crippen LogP contribution in [0.25, 0.3) is 0 Å². The Morgan fingerprint density at radius 1 is 1.12 bits per heavy atom. The average molecular weight is 355 g/mol. The number of hydrogen-bond donors (Lipinski definition) is 2. The molecule has 0 spiro atoms. The first-order valence-corrected chi connectivity index (χ1v) is 8.84. The molecule has 1 aliphatic rings. The number of guanidine groups is 1. The van der Waals surface area contributed by atoms with Gasteiger partial charge in [-0.1, -0.05) is 30.3 Å². The number of ether oxygens (including phenoxy) is 3. The third kappa shape index (κ3) is 4.59. The molecule has 1 atom stereocenters. The summed E-state index contributed by atoms with van der Waals surface area (Å²) in [5, 5.41) is 6.59. The van der Waals surface area contributed by atoms with Crippen LogP contribution in [0.2, 0.25) is 0 Å². The van der Waals surface area contributed by atoms with Crippen LogP contribution < -0.4 is 24.8 Å². The Morgan fingerprint density at radius 3 is 2.69 bits per heavy atom. The quantitative estimate of drug-likeness (QED) is 0.616. The molecule has 0 fully saturated rings. The second kappa shape index (κ2) is 8.99. The van der Waals surface area contributed by atoms with Crippen molar-refractivity contribution in [1.29, 1.82) is 0 Å². The van der Waals surface area contributed by atoms with Gasteiger partial charge < -0.3 is 24.8 Å². The van der Waals surface area contributed by atoms with Crippen molar-refractivity contribution < 1.29 is 14.2 Å². The third-order valence-electron chi connectivity index (χ3n) is 4.01. The van der Waals surface area contributed by atoms with Gasteiger partial charge in [0.05, 0.1) is 13.2 Å². The minimum atomic E-state index is -0.0702. The highest BCUT2D eigenvalue weighted by Crippen LogP contribution is 2.30. The molecule has 1 heterocycles. The van der Waals surface area contributed by atoms with Crippen molar-refractivity contribution in [2.24, 2.45) is 4.99 Å². The Kier molecular flexibility index (Phi) is 6.19. The van der Waals surface area contributed by atoms with Crippen molar-refractivity contribution in [3.63, 3.8) is 0 Å². The molecule has 2 N–H and O–H groups in total. The van der Waals surface area contributed by atoms with Crippen molar-refractivity contribution in [3.05, 3.63) is 54.1 Å². The number of hydrogen-bond acceptors (Lipinski definition) is 4. The molecule has 6 nitrogen and oxygen atoms in total. The Balaban J connectivity index is 1.50. The van der Waals surface area contributed by atoms with Crippen LogP contribution in [-0.2, 0) is 6.54 Å². The van der Waals surface area contributed by atoms with Crippen LogP contribution in [0, 0.1) is 0 Å². The van der Waals surface area contributed by atoms with Gasteiger partial charge in [-0.25, -0.2) is 0 Å². The lowest BCUT2D eigenvalue weighted by molar-refractivity contribution is 0.0936. The van der Waals surface area contributed by atoms with E-state index < -0.39 is 0 Å². The van der Waals surface area contributed by atoms with Gasteiger partial charge in [0, 0.05) is 19.2 Å². The van der Waals surface area contributed by atoms with Gasteiger partial charge in [-0.15, -0.1) is 0 Å². The average Bonchev–Trinajstić information content (AvgIpc) is 2.69. The molecule has 138 valence electrons. The Hall–Kier alpha value is -2.89. The lowest BCUT2D eigenvalue weighted by Gasteiger charge is -2.27. The molecule has 0 saturated heterocycles. The number of nitrogens with one attached hydrogen (secondary N) is 2. The molecule has 2 aromatic rings. The van der Waals surface area contributed by atoms with E-state index >= 15 is 0 Å². The smallest absolute Gasteiger partial charge is 0.191 e. The molecular formula is C20H25N3O3. The number of aliphatic imine (C=N–C) groups is 1. The van der Waals surface area contributed by atoms with E-state index in [1.165, 1.54) is 0 Å². The summed E-state index contributed by atoms with van der Waals surface area (Å²) in [6.07, 6.45) is -0.0702. The van der Waals surface area contributed by atoms with E-state index in [4.69, 9.17) is 14.2 Å². The first-order valence-electron chi connectivity index (χ1n) is 8.84. The molecule has 3 rings (SSSR count). The summed E-state index contributed by atoms with van der Waals surface area (Å²) < 4.78 is 17.3. The molecule has 0 aliphatic carbocycles. The van der Waals surface area contributed by atoms with Crippen molar-refractivity contribution in [2.45, 2.75) is 19.6 Å². The molecule has 0 bridgehead atoms. The summed E-state index contributed by atoms with van der Waals surface area (Å²) >= 11 is 0. The maximum Gasteiger partial charge on any atom is 0.191 e. The number of rotatable bonds is 6. The molecule has 6 heteroatoms. The Morgan fingerprint density at radius 2 is 1.88 bits per heavy atom. The molecule has 1 aliphatic heterocycles. The first kappa shape index (κ1) is 17.9. The zero-order chi connectivity index (χ0) is 18.2. The number of nitrogens with zero attached hydrogens (tertiary/aromatic N) is 1. The zero-order valence-corrected chi connectivity index (χ0v) is 15.2. The number of para-hydroxylation sites is 3. The summed E-state index contributed by atoms with van der Waals surface area (Å²) in [5.74, 6) is 3.16. The number of fused-ring (bicyclic) bond motifs is 1. The van der Waals surface area contributed by atoms with Crippen LogP contribution in [0.3, 0.4) is 0 Å². The van der Waals surface area contributed by atoms with E-state index in [0.717, 1.165) is 22.8 Å². The molecule has 2 aromatic carbocycles. The molecular weight excluding hydrogens is 330 g/mol. The summed E-state index contributed by atoms with van der Waals surface area (Å²) in [4.78, 5) is 4.26. The SMILES string of the molecule is CCOc1ccccc1CNC(=NC)NCC1COc2ccccc2O1. The summed E-state index contributed by atoms with van der Waals surface area (Å²) in [7, 11) is 1.75. The second-order valence-electron chi connectivity index (χ2n) is 5.85. The summed E-state index contributed by atoms with van der Waals surface area (Å²) in [6, 6.07) is 15.7. The van der Waals surface area contributed by atoms with Gasteiger partial charge in [-0.05, 0) is 25.1 Å². The van der Waals surface area contributed by atoms with Crippen molar-refractivity contribution in [2.75, 3.05) is 26.8 Å². The molecule has 0 saturated carbocycles. The highest BCUT2D eigenvalue weighted by Gasteiger charge is 2.20. The van der Waals surface area contributed by atoms with Crippen LogP contribution in [0.15, 0.2) is 53.5 Å². The van der Waals surface area contributed by atoms with Gasteiger partial charge in [0.2, 0.25) is 0 Å². The molecule has 0 radical (unpaired) electrons. The monoisotopic (exact) mass is 355 g/mol. The van der Waals surface area contributed by atoms with E-state index in [1.54, 1.807) is 7.05 Å². The lowest BCUT2D eigenvalue weighted by atomic mass is 10.2. The number of benzene rings is 2. The van der Waals surface area contributed by atoms with Crippen molar-refractivity contribution >= 4 is 5.96 Å². The minimum absolute atomic E-state index is 0.0702. The predicted molar refractivity (Wildman–Crippen MR) is 102 cm³/mol. The topological polar surface area (TPSA) is 64.1 Å². The fraction of sp³-hybridized carbons (Fsp3) is 0.350. The predicted octanol–water partition coefficient (Wildman–Crippen LogP) is 2.59. The van der Waals surface area contributed by atoms with E-state index in [-0.39, 0.29) is 6.10 Å². The second-order valence-corrected chi connectivity index (χ2v) is 5.85. The van der Waals surface area contributed by atoms with E-state index in [2.05, 4.69) is 15.6 Å². The van der Waals surface area contributed by atoms with Gasteiger partial charge in [0.15, 0.2) is 17.5 Å². The van der Waals surface area contributed by atoms with E-state index in [1.807, 2.05) is 55.5 Å². The highest BCUT2D eigenvalue weighted by molar-refractivity contribution is 5.79. The molecule has 0 aromatic heterocycles. The fourth-order valence-corrected chi connectivity index (χ4v) is 2.72. The molecule has 26 heavy (non-hydrogen) atoms. The van der Waals surface area contributed by atoms with Crippen molar-refractivity contribution in [3.8, 4) is 17.2 Å². The van der Waals surface area contributed by atoms with Gasteiger partial charge in [0.1, 0.15) is 18.5 Å². The van der Waals surface area contributed by atoms with Gasteiger partial charge in [-0.2, -0.15) is 0 Å². The summed E-state index contributed by atoms with van der Waals surface area (Å²) in [6.45, 7) is 4.36. The van der Waals surface area contributed by atoms with Crippen molar-refractivity contribution in [1.82, 2.24) is 10.6 Å². The Labute approximate surface area is 154 Å². The van der Waals surface area contributed by atoms with Crippen LogP contribution in [0.1, 0.15) is 12.5 Å². The zero-order valence-electron chi connectivity index (χ0n) is 15.2. The highest BCUT2D eigenvalue weighted by atomic mass is 16.6. The summed E-state index contributed by atoms with van der Waals surface area (Å²) in [5.41, 5.74) is 1.09. The standard InChI is InChI=1S/C20H25N3O3/c1-3-24-17-9-5-4-8-15(17)12-22-20(21-2)23-13-16-14-25-18-10-6-7-11-19(18)26-16/h4-11,16H,3,12-14H2,1-2H3,(H2,21,22,23). The molecule has 0 amide bonds. The van der Waals surface area contributed by atoms with Gasteiger partial charge >= 0.3 is 0 Å².